The Labute approximate surface area is 83.1 Å². The first-order valence-corrected chi connectivity index (χ1v) is 5.10. The van der Waals surface area contributed by atoms with Gasteiger partial charge in [-0.05, 0) is 24.3 Å². The fourth-order valence-corrected chi connectivity index (χ4v) is 2.08. The average Bonchev–Trinajstić information content (AvgIpc) is 2.62. The zero-order chi connectivity index (χ0) is 9.10. The van der Waals surface area contributed by atoms with Crippen molar-refractivity contribution in [3.8, 4) is 0 Å². The van der Waals surface area contributed by atoms with Crippen LogP contribution in [0.5, 0.6) is 0 Å². The van der Waals surface area contributed by atoms with Gasteiger partial charge >= 0.3 is 0 Å². The molecule has 0 aliphatic carbocycles. The number of nitrogens with zero attached hydrogens (tertiary/aromatic N) is 2. The smallest absolute Gasteiger partial charge is 0.135 e. The van der Waals surface area contributed by atoms with Gasteiger partial charge in [0.25, 0.3) is 0 Å². The molecule has 1 aromatic carbocycles. The first-order chi connectivity index (χ1) is 6.34. The third kappa shape index (κ3) is 2.26. The number of benzene rings is 1. The van der Waals surface area contributed by atoms with Crippen LogP contribution in [0.1, 0.15) is 0 Å². The SMILES string of the molecule is Fc1ccc(Sc2cnsn2)cc1. The largest absolute Gasteiger partial charge is 0.207 e. The van der Waals surface area contributed by atoms with Crippen LogP contribution in [0.3, 0.4) is 0 Å². The predicted octanol–water partition coefficient (Wildman–Crippen LogP) is 2.83. The second-order valence-corrected chi connectivity index (χ2v) is 3.95. The highest BCUT2D eigenvalue weighted by Crippen LogP contribution is 2.25. The van der Waals surface area contributed by atoms with Crippen molar-refractivity contribution in [2.75, 3.05) is 0 Å². The van der Waals surface area contributed by atoms with Gasteiger partial charge in [-0.2, -0.15) is 8.75 Å². The molecule has 2 rings (SSSR count). The van der Waals surface area contributed by atoms with Crippen LogP contribution < -0.4 is 0 Å². The van der Waals surface area contributed by atoms with Crippen molar-refractivity contribution in [2.24, 2.45) is 0 Å². The Hall–Kier alpha value is -0.940. The summed E-state index contributed by atoms with van der Waals surface area (Å²) in [5.74, 6) is -0.222. The summed E-state index contributed by atoms with van der Waals surface area (Å²) in [5, 5.41) is 0.844. The lowest BCUT2D eigenvalue weighted by Crippen LogP contribution is -1.74. The summed E-state index contributed by atoms with van der Waals surface area (Å²) < 4.78 is 20.4. The summed E-state index contributed by atoms with van der Waals surface area (Å²) in [4.78, 5) is 0.967. The summed E-state index contributed by atoms with van der Waals surface area (Å²) in [7, 11) is 0. The van der Waals surface area contributed by atoms with E-state index in [4.69, 9.17) is 0 Å². The molecule has 1 aromatic heterocycles. The Morgan fingerprint density at radius 1 is 1.23 bits per heavy atom. The number of rotatable bonds is 2. The van der Waals surface area contributed by atoms with Crippen LogP contribution in [0.2, 0.25) is 0 Å². The van der Waals surface area contributed by atoms with Gasteiger partial charge in [-0.15, -0.1) is 0 Å². The highest BCUT2D eigenvalue weighted by atomic mass is 32.2. The van der Waals surface area contributed by atoms with Crippen molar-refractivity contribution in [1.29, 1.82) is 0 Å². The van der Waals surface area contributed by atoms with Crippen LogP contribution >= 0.6 is 23.5 Å². The lowest BCUT2D eigenvalue weighted by atomic mass is 10.4. The molecule has 5 heteroatoms. The lowest BCUT2D eigenvalue weighted by molar-refractivity contribution is 0.626. The van der Waals surface area contributed by atoms with Gasteiger partial charge in [-0.1, -0.05) is 11.8 Å². The molecule has 0 spiro atoms. The number of hydrogen-bond acceptors (Lipinski definition) is 4. The van der Waals surface area contributed by atoms with E-state index in [0.29, 0.717) is 0 Å². The minimum atomic E-state index is -0.222. The molecule has 66 valence electrons. The van der Waals surface area contributed by atoms with Gasteiger partial charge < -0.3 is 0 Å². The first-order valence-electron chi connectivity index (χ1n) is 3.55. The highest BCUT2D eigenvalue weighted by molar-refractivity contribution is 7.99. The molecule has 0 N–H and O–H groups in total. The number of aromatic nitrogens is 2. The monoisotopic (exact) mass is 212 g/mol. The Balaban J connectivity index is 2.15. The van der Waals surface area contributed by atoms with Gasteiger partial charge in [-0.25, -0.2) is 4.39 Å². The zero-order valence-electron chi connectivity index (χ0n) is 6.48. The van der Waals surface area contributed by atoms with Crippen molar-refractivity contribution in [2.45, 2.75) is 9.92 Å². The van der Waals surface area contributed by atoms with E-state index in [1.54, 1.807) is 18.3 Å². The van der Waals surface area contributed by atoms with E-state index < -0.39 is 0 Å². The zero-order valence-corrected chi connectivity index (χ0v) is 8.11. The minimum absolute atomic E-state index is 0.222. The third-order valence-corrected chi connectivity index (χ3v) is 2.88. The molecular formula is C8H5FN2S2. The molecule has 0 amide bonds. The van der Waals surface area contributed by atoms with Gasteiger partial charge in [0.15, 0.2) is 0 Å². The molecule has 0 fully saturated rings. The van der Waals surface area contributed by atoms with E-state index in [1.807, 2.05) is 0 Å². The average molecular weight is 212 g/mol. The van der Waals surface area contributed by atoms with Crippen LogP contribution in [-0.2, 0) is 0 Å². The maximum absolute atomic E-state index is 12.5. The molecule has 0 bridgehead atoms. The Morgan fingerprint density at radius 3 is 2.62 bits per heavy atom. The fourth-order valence-electron chi connectivity index (χ4n) is 0.824. The van der Waals surface area contributed by atoms with E-state index in [-0.39, 0.29) is 5.82 Å². The maximum Gasteiger partial charge on any atom is 0.135 e. The molecule has 1 heterocycles. The van der Waals surface area contributed by atoms with Crippen LogP contribution in [0.15, 0.2) is 40.4 Å². The molecule has 0 unspecified atom stereocenters. The van der Waals surface area contributed by atoms with Crippen LogP contribution in [0.4, 0.5) is 4.39 Å². The molecule has 0 radical (unpaired) electrons. The van der Waals surface area contributed by atoms with E-state index in [2.05, 4.69) is 8.75 Å². The van der Waals surface area contributed by atoms with Gasteiger partial charge in [0.05, 0.1) is 17.9 Å². The highest BCUT2D eigenvalue weighted by Gasteiger charge is 1.99. The Kier molecular flexibility index (Phi) is 2.56. The molecule has 0 aliphatic heterocycles. The number of halogens is 1. The fraction of sp³-hybridized carbons (Fsp3) is 0. The van der Waals surface area contributed by atoms with Gasteiger partial charge in [-0.3, -0.25) is 0 Å². The van der Waals surface area contributed by atoms with Crippen molar-refractivity contribution in [1.82, 2.24) is 8.75 Å². The third-order valence-electron chi connectivity index (χ3n) is 1.38. The van der Waals surface area contributed by atoms with Crippen LogP contribution in [0, 0.1) is 5.82 Å². The van der Waals surface area contributed by atoms with Crippen molar-refractivity contribution in [3.63, 3.8) is 0 Å². The van der Waals surface area contributed by atoms with E-state index in [0.717, 1.165) is 9.92 Å². The molecule has 0 atom stereocenters. The molecule has 13 heavy (non-hydrogen) atoms. The lowest BCUT2D eigenvalue weighted by Gasteiger charge is -1.95. The summed E-state index contributed by atoms with van der Waals surface area (Å²) in [6.45, 7) is 0. The minimum Gasteiger partial charge on any atom is -0.207 e. The predicted molar refractivity (Wildman–Crippen MR) is 50.4 cm³/mol. The molecule has 2 aromatic rings. The first kappa shape index (κ1) is 8.65. The molecule has 0 aliphatic rings. The van der Waals surface area contributed by atoms with Crippen LogP contribution in [0.25, 0.3) is 0 Å². The molecular weight excluding hydrogens is 207 g/mol. The second-order valence-electron chi connectivity index (χ2n) is 2.30. The quantitative estimate of drug-likeness (QED) is 0.765. The second kappa shape index (κ2) is 3.85. The van der Waals surface area contributed by atoms with Crippen molar-refractivity contribution in [3.05, 3.63) is 36.3 Å². The van der Waals surface area contributed by atoms with Gasteiger partial charge in [0.1, 0.15) is 10.8 Å². The molecule has 2 nitrogen and oxygen atoms in total. The van der Waals surface area contributed by atoms with Crippen molar-refractivity contribution >= 4 is 23.5 Å². The molecule has 0 saturated heterocycles. The normalized spacial score (nSPS) is 10.2. The standard InChI is InChI=1S/C8H5FN2S2/c9-6-1-3-7(4-2-6)12-8-5-10-13-11-8/h1-5H. The van der Waals surface area contributed by atoms with Gasteiger partial charge in [0, 0.05) is 4.90 Å². The van der Waals surface area contributed by atoms with E-state index in [9.17, 15) is 4.39 Å². The van der Waals surface area contributed by atoms with E-state index >= 15 is 0 Å². The maximum atomic E-state index is 12.5. The Morgan fingerprint density at radius 2 is 2.00 bits per heavy atom. The van der Waals surface area contributed by atoms with Crippen molar-refractivity contribution < 1.29 is 4.39 Å². The summed E-state index contributed by atoms with van der Waals surface area (Å²) in [6, 6.07) is 6.31. The summed E-state index contributed by atoms with van der Waals surface area (Å²) in [5.41, 5.74) is 0. The molecule has 0 saturated carbocycles. The summed E-state index contributed by atoms with van der Waals surface area (Å²) >= 11 is 2.64. The van der Waals surface area contributed by atoms with E-state index in [1.165, 1.54) is 35.6 Å². The number of hydrogen-bond donors (Lipinski definition) is 0. The Bertz CT molecular complexity index is 372. The topological polar surface area (TPSA) is 25.8 Å². The van der Waals surface area contributed by atoms with Crippen LogP contribution in [-0.4, -0.2) is 8.75 Å². The summed E-state index contributed by atoms with van der Waals surface area (Å²) in [6.07, 6.45) is 1.69. The van der Waals surface area contributed by atoms with Gasteiger partial charge in [0.2, 0.25) is 0 Å².